The van der Waals surface area contributed by atoms with Crippen LogP contribution in [0.5, 0.6) is 0 Å². The molecule has 0 radical (unpaired) electrons. The highest BCUT2D eigenvalue weighted by Crippen LogP contribution is 2.43. The Balaban J connectivity index is 1.91. The molecule has 5 atom stereocenters. The van der Waals surface area contributed by atoms with E-state index in [0.29, 0.717) is 27.8 Å². The third kappa shape index (κ3) is 4.48. The molecule has 9 nitrogen and oxygen atoms in total. The van der Waals surface area contributed by atoms with Crippen LogP contribution in [0.4, 0.5) is 0 Å². The van der Waals surface area contributed by atoms with Crippen molar-refractivity contribution in [1.29, 1.82) is 0 Å². The molecule has 7 N–H and O–H groups in total. The SMILES string of the molecule is CNC(=O)c1cc(C(=O)NC)cc(-c2ccc(CC(O)C3(O)C(O)C(O)C3CO)c(Cl)c2)c1. The summed E-state index contributed by atoms with van der Waals surface area (Å²) in [5, 5.41) is 55.6. The van der Waals surface area contributed by atoms with Gasteiger partial charge < -0.3 is 36.2 Å². The third-order valence-electron chi connectivity index (χ3n) is 6.25. The Hall–Kier alpha value is -2.53. The Labute approximate surface area is 195 Å². The number of benzene rings is 2. The van der Waals surface area contributed by atoms with Crippen LogP contribution in [0.2, 0.25) is 5.02 Å². The number of nitrogens with one attached hydrogen (secondary N) is 2. The fourth-order valence-electron chi connectivity index (χ4n) is 4.18. The summed E-state index contributed by atoms with van der Waals surface area (Å²) in [4.78, 5) is 24.3. The van der Waals surface area contributed by atoms with Crippen LogP contribution in [-0.4, -0.2) is 82.0 Å². The van der Waals surface area contributed by atoms with Crippen LogP contribution in [0.3, 0.4) is 0 Å². The highest BCUT2D eigenvalue weighted by molar-refractivity contribution is 6.31. The molecule has 3 rings (SSSR count). The number of aliphatic hydroxyl groups excluding tert-OH is 4. The second kappa shape index (κ2) is 9.76. The molecule has 2 amide bonds. The highest BCUT2D eigenvalue weighted by atomic mass is 35.5. The Morgan fingerprint density at radius 2 is 1.61 bits per heavy atom. The Morgan fingerprint density at radius 3 is 2.09 bits per heavy atom. The average molecular weight is 479 g/mol. The number of carbonyl (C=O) groups is 2. The van der Waals surface area contributed by atoms with Gasteiger partial charge in [0.05, 0.1) is 18.8 Å². The minimum Gasteiger partial charge on any atom is -0.396 e. The van der Waals surface area contributed by atoms with Gasteiger partial charge in [0.15, 0.2) is 0 Å². The van der Waals surface area contributed by atoms with E-state index in [2.05, 4.69) is 10.6 Å². The molecule has 1 aliphatic rings. The zero-order valence-electron chi connectivity index (χ0n) is 18.1. The molecule has 33 heavy (non-hydrogen) atoms. The lowest BCUT2D eigenvalue weighted by Crippen LogP contribution is -2.75. The number of aliphatic hydroxyl groups is 5. The van der Waals surface area contributed by atoms with E-state index in [1.165, 1.54) is 20.2 Å². The molecule has 2 aromatic carbocycles. The van der Waals surface area contributed by atoms with Crippen molar-refractivity contribution in [2.45, 2.75) is 30.3 Å². The lowest BCUT2D eigenvalue weighted by Gasteiger charge is -2.55. The fraction of sp³-hybridized carbons (Fsp3) is 0.391. The molecule has 0 saturated heterocycles. The second-order valence-electron chi connectivity index (χ2n) is 8.10. The first kappa shape index (κ1) is 25.1. The normalized spacial score (nSPS) is 25.2. The Kier molecular flexibility index (Phi) is 7.42. The van der Waals surface area contributed by atoms with E-state index in [0.717, 1.165) is 0 Å². The second-order valence-corrected chi connectivity index (χ2v) is 8.50. The van der Waals surface area contributed by atoms with Gasteiger partial charge in [-0.1, -0.05) is 23.7 Å². The molecule has 0 aromatic heterocycles. The maximum atomic E-state index is 12.2. The van der Waals surface area contributed by atoms with Crippen LogP contribution in [0.15, 0.2) is 36.4 Å². The first-order valence-electron chi connectivity index (χ1n) is 10.3. The van der Waals surface area contributed by atoms with Gasteiger partial charge in [0.2, 0.25) is 0 Å². The van der Waals surface area contributed by atoms with E-state index in [1.54, 1.807) is 30.3 Å². The van der Waals surface area contributed by atoms with E-state index in [9.17, 15) is 35.1 Å². The number of hydrogen-bond acceptors (Lipinski definition) is 7. The van der Waals surface area contributed by atoms with Gasteiger partial charge in [-0.05, 0) is 41.0 Å². The molecule has 0 spiro atoms. The maximum Gasteiger partial charge on any atom is 0.251 e. The van der Waals surface area contributed by atoms with Gasteiger partial charge in [-0.25, -0.2) is 0 Å². The van der Waals surface area contributed by atoms with E-state index < -0.39 is 36.4 Å². The maximum absolute atomic E-state index is 12.2. The van der Waals surface area contributed by atoms with Crippen molar-refractivity contribution >= 4 is 23.4 Å². The van der Waals surface area contributed by atoms with Crippen molar-refractivity contribution in [1.82, 2.24) is 10.6 Å². The molecule has 2 aromatic rings. The first-order valence-corrected chi connectivity index (χ1v) is 10.7. The number of amides is 2. The molecular formula is C23H27ClN2O7. The van der Waals surface area contributed by atoms with Gasteiger partial charge in [-0.3, -0.25) is 9.59 Å². The molecule has 178 valence electrons. The minimum absolute atomic E-state index is 0.141. The fourth-order valence-corrected chi connectivity index (χ4v) is 4.43. The number of carbonyl (C=O) groups excluding carboxylic acids is 2. The van der Waals surface area contributed by atoms with Gasteiger partial charge >= 0.3 is 0 Å². The quantitative estimate of drug-likeness (QED) is 0.288. The van der Waals surface area contributed by atoms with Crippen LogP contribution in [0, 0.1) is 5.92 Å². The van der Waals surface area contributed by atoms with E-state index in [4.69, 9.17) is 11.6 Å². The summed E-state index contributed by atoms with van der Waals surface area (Å²) in [7, 11) is 2.97. The van der Waals surface area contributed by atoms with Gasteiger partial charge in [0, 0.05) is 42.6 Å². The van der Waals surface area contributed by atoms with Crippen molar-refractivity contribution < 1.29 is 35.1 Å². The Bertz CT molecular complexity index is 1030. The minimum atomic E-state index is -2.07. The van der Waals surface area contributed by atoms with Crippen LogP contribution >= 0.6 is 11.6 Å². The molecule has 1 saturated carbocycles. The van der Waals surface area contributed by atoms with E-state index >= 15 is 0 Å². The van der Waals surface area contributed by atoms with Crippen LogP contribution in [-0.2, 0) is 6.42 Å². The molecule has 5 unspecified atom stereocenters. The Morgan fingerprint density at radius 1 is 1.03 bits per heavy atom. The van der Waals surface area contributed by atoms with E-state index in [1.807, 2.05) is 0 Å². The first-order chi connectivity index (χ1) is 15.6. The summed E-state index contributed by atoms with van der Waals surface area (Å²) in [5.74, 6) is -1.81. The monoisotopic (exact) mass is 478 g/mol. The standard InChI is InChI=1S/C23H27ClN2O7/c1-25-21(31)14-5-13(6-15(7-14)22(32)26-2)11-3-4-12(17(24)8-11)9-18(28)23(33)16(10-27)19(29)20(23)30/h3-8,16,18-20,27-30,33H,9-10H2,1-2H3,(H,25,31)(H,26,32). The smallest absolute Gasteiger partial charge is 0.251 e. The summed E-state index contributed by atoms with van der Waals surface area (Å²) in [6, 6.07) is 9.61. The van der Waals surface area contributed by atoms with Gasteiger partial charge in [-0.2, -0.15) is 0 Å². The number of halogens is 1. The number of rotatable bonds is 7. The van der Waals surface area contributed by atoms with Crippen molar-refractivity contribution in [3.63, 3.8) is 0 Å². The molecule has 0 aliphatic heterocycles. The van der Waals surface area contributed by atoms with Gasteiger partial charge in [-0.15, -0.1) is 0 Å². The predicted molar refractivity (Wildman–Crippen MR) is 121 cm³/mol. The molecular weight excluding hydrogens is 452 g/mol. The summed E-state index contributed by atoms with van der Waals surface area (Å²) < 4.78 is 0. The van der Waals surface area contributed by atoms with Gasteiger partial charge in [0.1, 0.15) is 11.7 Å². The molecule has 10 heteroatoms. The third-order valence-corrected chi connectivity index (χ3v) is 6.60. The van der Waals surface area contributed by atoms with Crippen molar-refractivity contribution in [3.8, 4) is 11.1 Å². The van der Waals surface area contributed by atoms with E-state index in [-0.39, 0.29) is 23.3 Å². The highest BCUT2D eigenvalue weighted by Gasteiger charge is 2.63. The van der Waals surface area contributed by atoms with Crippen LogP contribution < -0.4 is 10.6 Å². The van der Waals surface area contributed by atoms with Gasteiger partial charge in [0.25, 0.3) is 11.8 Å². The summed E-state index contributed by atoms with van der Waals surface area (Å²) >= 11 is 6.42. The molecule has 1 fully saturated rings. The zero-order valence-corrected chi connectivity index (χ0v) is 18.9. The largest absolute Gasteiger partial charge is 0.396 e. The predicted octanol–water partition coefficient (Wildman–Crippen LogP) is -0.295. The molecule has 1 aliphatic carbocycles. The van der Waals surface area contributed by atoms with Crippen LogP contribution in [0.25, 0.3) is 11.1 Å². The topological polar surface area (TPSA) is 159 Å². The van der Waals surface area contributed by atoms with Crippen LogP contribution in [0.1, 0.15) is 26.3 Å². The summed E-state index contributed by atoms with van der Waals surface area (Å²) in [6.45, 7) is -0.603. The lowest BCUT2D eigenvalue weighted by molar-refractivity contribution is -0.300. The van der Waals surface area contributed by atoms with Crippen molar-refractivity contribution in [3.05, 3.63) is 58.1 Å². The van der Waals surface area contributed by atoms with Crippen molar-refractivity contribution in [2.75, 3.05) is 20.7 Å². The lowest BCUT2D eigenvalue weighted by atomic mass is 9.61. The summed E-state index contributed by atoms with van der Waals surface area (Å²) in [5.41, 5.74) is 0.152. The molecule has 0 bridgehead atoms. The van der Waals surface area contributed by atoms with Crippen molar-refractivity contribution in [2.24, 2.45) is 5.92 Å². The number of hydrogen-bond donors (Lipinski definition) is 7. The molecule has 0 heterocycles. The average Bonchev–Trinajstić information content (AvgIpc) is 2.83. The zero-order chi connectivity index (χ0) is 24.5. The summed E-state index contributed by atoms with van der Waals surface area (Å²) in [6.07, 6.45) is -4.57.